The Bertz CT molecular complexity index is 759. The van der Waals surface area contributed by atoms with Crippen molar-refractivity contribution in [1.29, 1.82) is 0 Å². The minimum absolute atomic E-state index is 0.174. The zero-order valence-electron chi connectivity index (χ0n) is 15.4. The molecule has 0 saturated heterocycles. The van der Waals surface area contributed by atoms with Gasteiger partial charge in [0.05, 0.1) is 12.3 Å². The predicted octanol–water partition coefficient (Wildman–Crippen LogP) is 3.51. The molecule has 2 aromatic rings. The summed E-state index contributed by atoms with van der Waals surface area (Å²) in [5.41, 5.74) is 1.15. The first-order valence-electron chi connectivity index (χ1n) is 8.78. The number of rotatable bonds is 8. The summed E-state index contributed by atoms with van der Waals surface area (Å²) in [5.74, 6) is 0.496. The number of amides is 2. The van der Waals surface area contributed by atoms with Crippen LogP contribution in [0.2, 0.25) is 0 Å². The fraction of sp³-hybridized carbons (Fsp3) is 0.350. The van der Waals surface area contributed by atoms with Gasteiger partial charge in [0.2, 0.25) is 0 Å². The summed E-state index contributed by atoms with van der Waals surface area (Å²) in [5, 5.41) is 5.63. The molecule has 2 amide bonds. The standard InChI is InChI=1S/C20H25N3O3/c1-4-26-18-8-6-5-7-16(18)23-20(25)17-13-15(10-12-21-17)19(24)22-11-9-14(2)3/h5-8,10,12-14H,4,9,11H2,1-3H3,(H,22,24)(H,23,25). The summed E-state index contributed by atoms with van der Waals surface area (Å²) in [6.45, 7) is 7.17. The number of nitrogens with zero attached hydrogens (tertiary/aromatic N) is 1. The lowest BCUT2D eigenvalue weighted by Gasteiger charge is -2.11. The Hall–Kier alpha value is -2.89. The van der Waals surface area contributed by atoms with E-state index in [2.05, 4.69) is 29.5 Å². The van der Waals surface area contributed by atoms with Crippen molar-refractivity contribution in [3.05, 3.63) is 53.9 Å². The number of carbonyl (C=O) groups excluding carboxylic acids is 2. The van der Waals surface area contributed by atoms with Gasteiger partial charge in [-0.05, 0) is 43.5 Å². The number of para-hydroxylation sites is 2. The number of nitrogens with one attached hydrogen (secondary N) is 2. The molecule has 1 heterocycles. The molecule has 6 heteroatoms. The minimum atomic E-state index is -0.394. The maximum absolute atomic E-state index is 12.5. The number of aromatic nitrogens is 1. The van der Waals surface area contributed by atoms with Gasteiger partial charge < -0.3 is 15.4 Å². The molecule has 0 fully saturated rings. The quantitative estimate of drug-likeness (QED) is 0.759. The zero-order valence-corrected chi connectivity index (χ0v) is 15.4. The van der Waals surface area contributed by atoms with Gasteiger partial charge in [-0.15, -0.1) is 0 Å². The lowest BCUT2D eigenvalue weighted by molar-refractivity contribution is 0.0952. The molecule has 0 aliphatic heterocycles. The summed E-state index contributed by atoms with van der Waals surface area (Å²) < 4.78 is 5.50. The molecule has 0 spiro atoms. The van der Waals surface area contributed by atoms with E-state index in [1.807, 2.05) is 19.1 Å². The van der Waals surface area contributed by atoms with E-state index >= 15 is 0 Å². The van der Waals surface area contributed by atoms with Gasteiger partial charge in [0.1, 0.15) is 11.4 Å². The van der Waals surface area contributed by atoms with Crippen molar-refractivity contribution in [2.75, 3.05) is 18.5 Å². The molecule has 1 aromatic heterocycles. The zero-order chi connectivity index (χ0) is 18.9. The van der Waals surface area contributed by atoms with E-state index in [0.29, 0.717) is 36.1 Å². The fourth-order valence-corrected chi connectivity index (χ4v) is 2.31. The van der Waals surface area contributed by atoms with E-state index in [1.54, 1.807) is 18.2 Å². The van der Waals surface area contributed by atoms with E-state index < -0.39 is 5.91 Å². The summed E-state index contributed by atoms with van der Waals surface area (Å²) in [4.78, 5) is 28.8. The van der Waals surface area contributed by atoms with Crippen LogP contribution in [0.3, 0.4) is 0 Å². The van der Waals surface area contributed by atoms with Gasteiger partial charge in [0, 0.05) is 18.3 Å². The lowest BCUT2D eigenvalue weighted by atomic mass is 10.1. The summed E-state index contributed by atoms with van der Waals surface area (Å²) in [6.07, 6.45) is 2.36. The van der Waals surface area contributed by atoms with Crippen molar-refractivity contribution in [2.24, 2.45) is 5.92 Å². The van der Waals surface area contributed by atoms with Gasteiger partial charge in [-0.1, -0.05) is 26.0 Å². The molecule has 1 aromatic carbocycles. The normalized spacial score (nSPS) is 10.5. The van der Waals surface area contributed by atoms with Crippen LogP contribution >= 0.6 is 0 Å². The first-order valence-corrected chi connectivity index (χ1v) is 8.78. The smallest absolute Gasteiger partial charge is 0.274 e. The van der Waals surface area contributed by atoms with Gasteiger partial charge in [-0.2, -0.15) is 0 Å². The molecule has 2 rings (SSSR count). The SMILES string of the molecule is CCOc1ccccc1NC(=O)c1cc(C(=O)NCCC(C)C)ccn1. The molecule has 0 saturated carbocycles. The monoisotopic (exact) mass is 355 g/mol. The number of anilines is 1. The average Bonchev–Trinajstić information content (AvgIpc) is 2.63. The largest absolute Gasteiger partial charge is 0.492 e. The van der Waals surface area contributed by atoms with E-state index in [4.69, 9.17) is 4.74 Å². The number of hydrogen-bond acceptors (Lipinski definition) is 4. The molecule has 138 valence electrons. The van der Waals surface area contributed by atoms with Crippen LogP contribution in [-0.2, 0) is 0 Å². The Balaban J connectivity index is 2.07. The van der Waals surface area contributed by atoms with E-state index in [-0.39, 0.29) is 11.6 Å². The fourth-order valence-electron chi connectivity index (χ4n) is 2.31. The molecular weight excluding hydrogens is 330 g/mol. The first-order chi connectivity index (χ1) is 12.5. The molecule has 0 atom stereocenters. The second kappa shape index (κ2) is 9.56. The highest BCUT2D eigenvalue weighted by Crippen LogP contribution is 2.24. The van der Waals surface area contributed by atoms with Crippen LogP contribution in [0.25, 0.3) is 0 Å². The van der Waals surface area contributed by atoms with Crippen LogP contribution in [0.1, 0.15) is 48.0 Å². The Labute approximate surface area is 154 Å². The highest BCUT2D eigenvalue weighted by molar-refractivity contribution is 6.05. The van der Waals surface area contributed by atoms with Crippen molar-refractivity contribution < 1.29 is 14.3 Å². The molecule has 26 heavy (non-hydrogen) atoms. The van der Waals surface area contributed by atoms with Crippen LogP contribution in [-0.4, -0.2) is 29.9 Å². The number of pyridine rings is 1. The maximum Gasteiger partial charge on any atom is 0.274 e. The Kier molecular flexibility index (Phi) is 7.14. The molecule has 0 radical (unpaired) electrons. The van der Waals surface area contributed by atoms with Gasteiger partial charge in [-0.3, -0.25) is 14.6 Å². The molecule has 6 nitrogen and oxygen atoms in total. The molecule has 0 bridgehead atoms. The highest BCUT2D eigenvalue weighted by Gasteiger charge is 2.14. The van der Waals surface area contributed by atoms with Crippen LogP contribution in [0.5, 0.6) is 5.75 Å². The van der Waals surface area contributed by atoms with Crippen molar-refractivity contribution >= 4 is 17.5 Å². The van der Waals surface area contributed by atoms with Crippen molar-refractivity contribution in [1.82, 2.24) is 10.3 Å². The average molecular weight is 355 g/mol. The van der Waals surface area contributed by atoms with E-state index in [1.165, 1.54) is 12.3 Å². The third kappa shape index (κ3) is 5.58. The van der Waals surface area contributed by atoms with Gasteiger partial charge in [0.25, 0.3) is 11.8 Å². The van der Waals surface area contributed by atoms with Crippen molar-refractivity contribution in [3.8, 4) is 5.75 Å². The van der Waals surface area contributed by atoms with Gasteiger partial charge >= 0.3 is 0 Å². The van der Waals surface area contributed by atoms with Gasteiger partial charge in [0.15, 0.2) is 0 Å². The maximum atomic E-state index is 12.5. The van der Waals surface area contributed by atoms with Crippen LogP contribution in [0.4, 0.5) is 5.69 Å². The van der Waals surface area contributed by atoms with Gasteiger partial charge in [-0.25, -0.2) is 0 Å². The Morgan fingerprint density at radius 2 is 1.92 bits per heavy atom. The summed E-state index contributed by atoms with van der Waals surface area (Å²) in [7, 11) is 0. The molecular formula is C20H25N3O3. The highest BCUT2D eigenvalue weighted by atomic mass is 16.5. The number of benzene rings is 1. The number of ether oxygens (including phenoxy) is 1. The Morgan fingerprint density at radius 1 is 1.15 bits per heavy atom. The topological polar surface area (TPSA) is 80.3 Å². The summed E-state index contributed by atoms with van der Waals surface area (Å²) in [6, 6.07) is 10.3. The van der Waals surface area contributed by atoms with E-state index in [0.717, 1.165) is 6.42 Å². The first kappa shape index (κ1) is 19.4. The van der Waals surface area contributed by atoms with Crippen LogP contribution in [0.15, 0.2) is 42.6 Å². The molecule has 0 unspecified atom stereocenters. The van der Waals surface area contributed by atoms with Crippen LogP contribution < -0.4 is 15.4 Å². The van der Waals surface area contributed by atoms with Crippen molar-refractivity contribution in [3.63, 3.8) is 0 Å². The molecule has 0 aliphatic rings. The molecule has 2 N–H and O–H groups in total. The second-order valence-corrected chi connectivity index (χ2v) is 6.25. The Morgan fingerprint density at radius 3 is 2.65 bits per heavy atom. The number of hydrogen-bond donors (Lipinski definition) is 2. The summed E-state index contributed by atoms with van der Waals surface area (Å²) >= 11 is 0. The third-order valence-electron chi connectivity index (χ3n) is 3.70. The van der Waals surface area contributed by atoms with E-state index in [9.17, 15) is 9.59 Å². The predicted molar refractivity (Wildman–Crippen MR) is 102 cm³/mol. The molecule has 0 aliphatic carbocycles. The number of carbonyl (C=O) groups is 2. The van der Waals surface area contributed by atoms with Crippen LogP contribution in [0, 0.1) is 5.92 Å². The third-order valence-corrected chi connectivity index (χ3v) is 3.70. The second-order valence-electron chi connectivity index (χ2n) is 6.25. The lowest BCUT2D eigenvalue weighted by Crippen LogP contribution is -2.26. The van der Waals surface area contributed by atoms with Crippen molar-refractivity contribution in [2.45, 2.75) is 27.2 Å². The minimum Gasteiger partial charge on any atom is -0.492 e.